The zero-order valence-electron chi connectivity index (χ0n) is 10.2. The number of carbonyl (C=O) groups excluding carboxylic acids is 2. The molecule has 3 nitrogen and oxygen atoms in total. The zero-order chi connectivity index (χ0) is 13.5. The van der Waals surface area contributed by atoms with E-state index in [-0.39, 0.29) is 0 Å². The van der Waals surface area contributed by atoms with E-state index in [9.17, 15) is 9.59 Å². The zero-order valence-corrected chi connectivity index (χ0v) is 10.2. The van der Waals surface area contributed by atoms with E-state index in [0.29, 0.717) is 5.56 Å². The van der Waals surface area contributed by atoms with Crippen LogP contribution in [0.2, 0.25) is 0 Å². The van der Waals surface area contributed by atoms with Crippen LogP contribution >= 0.6 is 0 Å². The lowest BCUT2D eigenvalue weighted by molar-refractivity contribution is -0.110. The Balaban J connectivity index is 0.000000163. The Bertz CT molecular complexity index is 593. The van der Waals surface area contributed by atoms with E-state index in [0.717, 1.165) is 5.56 Å². The van der Waals surface area contributed by atoms with Gasteiger partial charge in [0.2, 0.25) is 11.6 Å². The normalized spacial score (nSPS) is 15.2. The van der Waals surface area contributed by atoms with Crippen LogP contribution in [0.15, 0.2) is 67.0 Å². The fourth-order valence-electron chi connectivity index (χ4n) is 1.63. The van der Waals surface area contributed by atoms with E-state index < -0.39 is 11.6 Å². The van der Waals surface area contributed by atoms with E-state index in [1.54, 1.807) is 18.2 Å². The summed E-state index contributed by atoms with van der Waals surface area (Å²) in [5, 5.41) is 2.92. The summed E-state index contributed by atoms with van der Waals surface area (Å²) < 4.78 is 0. The number of allylic oxidation sites excluding steroid dienone is 5. The minimum atomic E-state index is -0.436. The minimum absolute atomic E-state index is 0.409. The first-order chi connectivity index (χ1) is 9.29. The Morgan fingerprint density at radius 3 is 2.21 bits per heavy atom. The van der Waals surface area contributed by atoms with Crippen molar-refractivity contribution in [3.8, 4) is 0 Å². The van der Waals surface area contributed by atoms with Gasteiger partial charge in [-0.25, -0.2) is 0 Å². The Morgan fingerprint density at radius 1 is 0.789 bits per heavy atom. The lowest BCUT2D eigenvalue weighted by atomic mass is 9.96. The maximum absolute atomic E-state index is 11.2. The van der Waals surface area contributed by atoms with Gasteiger partial charge < -0.3 is 5.32 Å². The number of benzene rings is 1. The second-order valence-corrected chi connectivity index (χ2v) is 3.88. The van der Waals surface area contributed by atoms with Gasteiger partial charge in [0.15, 0.2) is 0 Å². The molecular weight excluding hydrogens is 238 g/mol. The van der Waals surface area contributed by atoms with E-state index in [1.165, 1.54) is 6.08 Å². The molecular formula is C16H13NO2. The van der Waals surface area contributed by atoms with Crippen molar-refractivity contribution in [3.63, 3.8) is 0 Å². The van der Waals surface area contributed by atoms with Crippen LogP contribution in [-0.2, 0) is 4.79 Å². The summed E-state index contributed by atoms with van der Waals surface area (Å²) in [4.78, 5) is 22.1. The van der Waals surface area contributed by atoms with Crippen LogP contribution in [0.5, 0.6) is 0 Å². The summed E-state index contributed by atoms with van der Waals surface area (Å²) in [7, 11) is 0. The monoisotopic (exact) mass is 251 g/mol. The van der Waals surface area contributed by atoms with E-state index in [1.807, 2.05) is 48.8 Å². The van der Waals surface area contributed by atoms with Crippen molar-refractivity contribution < 1.29 is 9.59 Å². The second-order valence-electron chi connectivity index (χ2n) is 3.88. The molecule has 1 aromatic rings. The van der Waals surface area contributed by atoms with E-state index in [2.05, 4.69) is 5.32 Å². The summed E-state index contributed by atoms with van der Waals surface area (Å²) >= 11 is 0. The van der Waals surface area contributed by atoms with Gasteiger partial charge in [-0.15, -0.1) is 0 Å². The van der Waals surface area contributed by atoms with Crippen molar-refractivity contribution >= 4 is 17.6 Å². The van der Waals surface area contributed by atoms with Gasteiger partial charge in [0.1, 0.15) is 0 Å². The van der Waals surface area contributed by atoms with Crippen LogP contribution in [0.4, 0.5) is 0 Å². The quantitative estimate of drug-likeness (QED) is 0.721. The number of fused-ring (bicyclic) bond motifs is 1. The highest BCUT2D eigenvalue weighted by Crippen LogP contribution is 2.16. The molecule has 0 saturated carbocycles. The smallest absolute Gasteiger partial charge is 0.233 e. The third-order valence-corrected chi connectivity index (χ3v) is 2.56. The summed E-state index contributed by atoms with van der Waals surface area (Å²) in [5.41, 5.74) is 1.33. The Hall–Kier alpha value is -2.68. The third kappa shape index (κ3) is 3.39. The van der Waals surface area contributed by atoms with Gasteiger partial charge in [0.05, 0.1) is 0 Å². The van der Waals surface area contributed by atoms with Crippen molar-refractivity contribution in [2.24, 2.45) is 0 Å². The molecule has 0 bridgehead atoms. The maximum atomic E-state index is 11.2. The highest BCUT2D eigenvalue weighted by molar-refractivity contribution is 6.49. The topological polar surface area (TPSA) is 46.2 Å². The fourth-order valence-corrected chi connectivity index (χ4v) is 1.63. The van der Waals surface area contributed by atoms with Gasteiger partial charge in [-0.05, 0) is 23.8 Å². The largest absolute Gasteiger partial charge is 0.368 e. The van der Waals surface area contributed by atoms with Crippen LogP contribution in [0, 0.1) is 0 Å². The van der Waals surface area contributed by atoms with Gasteiger partial charge in [0.25, 0.3) is 0 Å². The van der Waals surface area contributed by atoms with Gasteiger partial charge in [-0.2, -0.15) is 0 Å². The third-order valence-electron chi connectivity index (χ3n) is 2.56. The molecule has 3 rings (SSSR count). The maximum Gasteiger partial charge on any atom is 0.233 e. The van der Waals surface area contributed by atoms with Gasteiger partial charge in [0, 0.05) is 18.0 Å². The second kappa shape index (κ2) is 6.31. The van der Waals surface area contributed by atoms with Crippen molar-refractivity contribution in [2.75, 3.05) is 0 Å². The van der Waals surface area contributed by atoms with Crippen LogP contribution in [0.25, 0.3) is 6.08 Å². The summed E-state index contributed by atoms with van der Waals surface area (Å²) in [5.74, 6) is -0.846. The van der Waals surface area contributed by atoms with Crippen LogP contribution in [-0.4, -0.2) is 11.6 Å². The summed E-state index contributed by atoms with van der Waals surface area (Å²) in [6.45, 7) is 0. The lowest BCUT2D eigenvalue weighted by Gasteiger charge is -2.06. The summed E-state index contributed by atoms with van der Waals surface area (Å²) in [6.07, 6.45) is 14.6. The van der Waals surface area contributed by atoms with Crippen LogP contribution in [0.1, 0.15) is 15.9 Å². The first-order valence-electron chi connectivity index (χ1n) is 5.89. The van der Waals surface area contributed by atoms with Gasteiger partial charge in [-0.3, -0.25) is 9.59 Å². The molecule has 0 spiro atoms. The molecule has 1 aromatic carbocycles. The van der Waals surface area contributed by atoms with Crippen molar-refractivity contribution in [1.29, 1.82) is 0 Å². The Kier molecular flexibility index (Phi) is 4.24. The SMILES string of the molecule is C1=CC=CNC=C1.O=C1C=Cc2ccccc2C1=O. The molecule has 0 saturated heterocycles. The Morgan fingerprint density at radius 2 is 1.47 bits per heavy atom. The number of Topliss-reactive ketones (excluding diaryl/α,β-unsaturated/α-hetero) is 1. The van der Waals surface area contributed by atoms with Gasteiger partial charge >= 0.3 is 0 Å². The number of hydrogen-bond acceptors (Lipinski definition) is 3. The predicted octanol–water partition coefficient (Wildman–Crippen LogP) is 2.64. The molecule has 2 aliphatic rings. The van der Waals surface area contributed by atoms with E-state index >= 15 is 0 Å². The molecule has 94 valence electrons. The van der Waals surface area contributed by atoms with Crippen molar-refractivity contribution in [3.05, 3.63) is 78.2 Å². The van der Waals surface area contributed by atoms with Crippen molar-refractivity contribution in [1.82, 2.24) is 5.32 Å². The average Bonchev–Trinajstić information content (AvgIpc) is 2.76. The molecule has 0 atom stereocenters. The first-order valence-corrected chi connectivity index (χ1v) is 5.89. The molecule has 1 aliphatic carbocycles. The number of hydrogen-bond donors (Lipinski definition) is 1. The lowest BCUT2D eigenvalue weighted by Crippen LogP contribution is -2.15. The molecule has 0 amide bonds. The summed E-state index contributed by atoms with van der Waals surface area (Å²) in [6, 6.07) is 7.07. The molecule has 1 heterocycles. The van der Waals surface area contributed by atoms with Gasteiger partial charge in [-0.1, -0.05) is 42.5 Å². The number of ketones is 2. The molecule has 0 fully saturated rings. The predicted molar refractivity (Wildman–Crippen MR) is 75.4 cm³/mol. The fraction of sp³-hybridized carbons (Fsp3) is 0. The minimum Gasteiger partial charge on any atom is -0.368 e. The molecule has 0 aromatic heterocycles. The van der Waals surface area contributed by atoms with Crippen LogP contribution < -0.4 is 5.32 Å². The standard InChI is InChI=1S/C10H6O2.C6H7N/c11-9-6-5-7-3-1-2-4-8(7)10(9)12;1-2-4-6-7-5-3-1/h1-6H;1-7H. The first kappa shape index (κ1) is 12.8. The number of carbonyl (C=O) groups is 2. The molecule has 1 aliphatic heterocycles. The highest BCUT2D eigenvalue weighted by Gasteiger charge is 2.19. The molecule has 1 N–H and O–H groups in total. The molecule has 0 radical (unpaired) electrons. The molecule has 19 heavy (non-hydrogen) atoms. The number of nitrogens with one attached hydrogen (secondary N) is 1. The van der Waals surface area contributed by atoms with Crippen molar-refractivity contribution in [2.45, 2.75) is 0 Å². The molecule has 0 unspecified atom stereocenters. The van der Waals surface area contributed by atoms with Crippen LogP contribution in [0.3, 0.4) is 0 Å². The number of rotatable bonds is 0. The molecule has 3 heteroatoms. The Labute approximate surface area is 111 Å². The van der Waals surface area contributed by atoms with E-state index in [4.69, 9.17) is 0 Å². The highest BCUT2D eigenvalue weighted by atomic mass is 16.2. The average molecular weight is 251 g/mol.